The summed E-state index contributed by atoms with van der Waals surface area (Å²) in [5.41, 5.74) is 0. The number of hydrogen-bond donors (Lipinski definition) is 1. The molecule has 0 bridgehead atoms. The van der Waals surface area contributed by atoms with Gasteiger partial charge in [-0.2, -0.15) is 5.26 Å². The molecule has 1 N–H and O–H groups in total. The number of carbonyl (C=O) groups is 1. The first-order valence-corrected chi connectivity index (χ1v) is 4.70. The van der Waals surface area contributed by atoms with E-state index in [9.17, 15) is 4.79 Å². The van der Waals surface area contributed by atoms with Gasteiger partial charge in [0.2, 0.25) is 0 Å². The van der Waals surface area contributed by atoms with Gasteiger partial charge in [0.1, 0.15) is 0 Å². The fraction of sp³-hybridized carbons (Fsp3) is 0.778. The second-order valence-corrected chi connectivity index (χ2v) is 3.33. The average molecular weight is 197 g/mol. The summed E-state index contributed by atoms with van der Waals surface area (Å²) in [6.45, 7) is 2.54. The molecule has 1 aliphatic rings. The van der Waals surface area contributed by atoms with E-state index in [2.05, 4.69) is 21.0 Å². The van der Waals surface area contributed by atoms with E-state index >= 15 is 0 Å². The van der Waals surface area contributed by atoms with Gasteiger partial charge in [-0.25, -0.2) is 4.79 Å². The molecular weight excluding hydrogens is 182 g/mol. The molecule has 5 nitrogen and oxygen atoms in total. The number of hydrogen-bond acceptors (Lipinski definition) is 4. The van der Waals surface area contributed by atoms with Crippen LogP contribution in [0.3, 0.4) is 0 Å². The Bertz CT molecular complexity index is 237. The van der Waals surface area contributed by atoms with Gasteiger partial charge in [0.15, 0.2) is 0 Å². The van der Waals surface area contributed by atoms with Crippen LogP contribution < -0.4 is 5.32 Å². The van der Waals surface area contributed by atoms with E-state index in [4.69, 9.17) is 5.26 Å². The van der Waals surface area contributed by atoms with E-state index < -0.39 is 0 Å². The fourth-order valence-electron chi connectivity index (χ4n) is 1.59. The number of alkyl carbamates (subject to hydrolysis) is 1. The molecular formula is C9H15N3O2. The van der Waals surface area contributed by atoms with Gasteiger partial charge in [0, 0.05) is 32.1 Å². The Hall–Kier alpha value is -1.28. The van der Waals surface area contributed by atoms with Crippen molar-refractivity contribution in [2.45, 2.75) is 18.9 Å². The Morgan fingerprint density at radius 2 is 2.57 bits per heavy atom. The van der Waals surface area contributed by atoms with Gasteiger partial charge in [-0.15, -0.1) is 0 Å². The molecule has 1 aliphatic heterocycles. The summed E-state index contributed by atoms with van der Waals surface area (Å²) in [6, 6.07) is 2.28. The molecule has 0 radical (unpaired) electrons. The van der Waals surface area contributed by atoms with Crippen LogP contribution in [0.5, 0.6) is 0 Å². The summed E-state index contributed by atoms with van der Waals surface area (Å²) in [5, 5.41) is 11.2. The van der Waals surface area contributed by atoms with E-state index in [0.29, 0.717) is 6.42 Å². The molecule has 0 aromatic rings. The zero-order valence-electron chi connectivity index (χ0n) is 8.32. The average Bonchev–Trinajstić information content (AvgIpc) is 2.62. The van der Waals surface area contributed by atoms with Gasteiger partial charge < -0.3 is 15.0 Å². The summed E-state index contributed by atoms with van der Waals surface area (Å²) in [4.78, 5) is 13.1. The molecule has 1 unspecified atom stereocenters. The van der Waals surface area contributed by atoms with Crippen LogP contribution >= 0.6 is 0 Å². The molecule has 0 spiro atoms. The third-order valence-electron chi connectivity index (χ3n) is 2.32. The normalized spacial score (nSPS) is 21.6. The summed E-state index contributed by atoms with van der Waals surface area (Å²) < 4.78 is 4.51. The number of methoxy groups -OCH3 is 1. The summed E-state index contributed by atoms with van der Waals surface area (Å²) in [6.07, 6.45) is 1.10. The largest absolute Gasteiger partial charge is 0.453 e. The quantitative estimate of drug-likeness (QED) is 0.708. The summed E-state index contributed by atoms with van der Waals surface area (Å²) in [5.74, 6) is 0. The second-order valence-electron chi connectivity index (χ2n) is 3.33. The second kappa shape index (κ2) is 5.45. The summed E-state index contributed by atoms with van der Waals surface area (Å²) >= 11 is 0. The minimum atomic E-state index is -0.378. The lowest BCUT2D eigenvalue weighted by atomic mass is 10.3. The molecule has 14 heavy (non-hydrogen) atoms. The number of nitrogens with one attached hydrogen (secondary N) is 1. The number of carbonyl (C=O) groups excluding carboxylic acids is 1. The third kappa shape index (κ3) is 3.23. The van der Waals surface area contributed by atoms with Crippen molar-refractivity contribution in [3.63, 3.8) is 0 Å². The lowest BCUT2D eigenvalue weighted by Gasteiger charge is -2.14. The first-order valence-electron chi connectivity index (χ1n) is 4.70. The molecule has 0 aromatic heterocycles. The van der Waals surface area contributed by atoms with Gasteiger partial charge in [-0.05, 0) is 6.42 Å². The first kappa shape index (κ1) is 10.8. The van der Waals surface area contributed by atoms with Crippen molar-refractivity contribution in [2.24, 2.45) is 0 Å². The van der Waals surface area contributed by atoms with E-state index in [1.54, 1.807) is 0 Å². The zero-order chi connectivity index (χ0) is 10.4. The van der Waals surface area contributed by atoms with E-state index in [0.717, 1.165) is 26.1 Å². The van der Waals surface area contributed by atoms with Crippen LogP contribution in [-0.2, 0) is 4.74 Å². The Kier molecular flexibility index (Phi) is 4.20. The lowest BCUT2D eigenvalue weighted by molar-refractivity contribution is 0.166. The minimum absolute atomic E-state index is 0.168. The number of ether oxygens (including phenoxy) is 1. The Morgan fingerprint density at radius 1 is 1.79 bits per heavy atom. The number of nitriles is 1. The molecule has 1 rings (SSSR count). The predicted molar refractivity (Wildman–Crippen MR) is 50.6 cm³/mol. The number of rotatable bonds is 3. The molecule has 1 fully saturated rings. The molecule has 1 atom stereocenters. The number of likely N-dealkylation sites (tertiary alicyclic amines) is 1. The van der Waals surface area contributed by atoms with E-state index in [1.807, 2.05) is 0 Å². The van der Waals surface area contributed by atoms with Crippen molar-refractivity contribution in [3.8, 4) is 6.07 Å². The third-order valence-corrected chi connectivity index (χ3v) is 2.32. The van der Waals surface area contributed by atoms with Crippen LogP contribution in [0.25, 0.3) is 0 Å². The molecule has 1 saturated heterocycles. The molecule has 1 heterocycles. The lowest BCUT2D eigenvalue weighted by Crippen LogP contribution is -2.37. The Morgan fingerprint density at radius 3 is 3.21 bits per heavy atom. The van der Waals surface area contributed by atoms with E-state index in [-0.39, 0.29) is 12.1 Å². The predicted octanol–water partition coefficient (Wildman–Crippen LogP) is 0.330. The van der Waals surface area contributed by atoms with Crippen LogP contribution in [0, 0.1) is 11.3 Å². The molecule has 5 heteroatoms. The van der Waals surface area contributed by atoms with Crippen molar-refractivity contribution < 1.29 is 9.53 Å². The maximum atomic E-state index is 10.9. The summed E-state index contributed by atoms with van der Waals surface area (Å²) in [7, 11) is 1.36. The first-order chi connectivity index (χ1) is 6.76. The topological polar surface area (TPSA) is 65.4 Å². The highest BCUT2D eigenvalue weighted by atomic mass is 16.5. The van der Waals surface area contributed by atoms with Gasteiger partial charge in [0.25, 0.3) is 0 Å². The Labute approximate surface area is 83.6 Å². The van der Waals surface area contributed by atoms with Gasteiger partial charge >= 0.3 is 6.09 Å². The van der Waals surface area contributed by atoms with Crippen LogP contribution in [0.15, 0.2) is 0 Å². The maximum Gasteiger partial charge on any atom is 0.407 e. The highest BCUT2D eigenvalue weighted by Gasteiger charge is 2.23. The molecule has 1 amide bonds. The van der Waals surface area contributed by atoms with Crippen molar-refractivity contribution in [1.29, 1.82) is 5.26 Å². The van der Waals surface area contributed by atoms with Crippen molar-refractivity contribution in [3.05, 3.63) is 0 Å². The van der Waals surface area contributed by atoms with Crippen molar-refractivity contribution in [2.75, 3.05) is 26.7 Å². The fourth-order valence-corrected chi connectivity index (χ4v) is 1.59. The van der Waals surface area contributed by atoms with E-state index in [1.165, 1.54) is 7.11 Å². The molecule has 0 aliphatic carbocycles. The highest BCUT2D eigenvalue weighted by Crippen LogP contribution is 2.09. The smallest absolute Gasteiger partial charge is 0.407 e. The highest BCUT2D eigenvalue weighted by molar-refractivity contribution is 5.67. The van der Waals surface area contributed by atoms with Crippen LogP contribution in [0.1, 0.15) is 12.8 Å². The molecule has 0 saturated carbocycles. The molecule has 0 aromatic carbocycles. The van der Waals surface area contributed by atoms with Gasteiger partial charge in [-0.1, -0.05) is 0 Å². The SMILES string of the molecule is COC(=O)NC1CCN(CCC#N)C1. The van der Waals surface area contributed by atoms with Crippen LogP contribution in [-0.4, -0.2) is 43.8 Å². The molecule has 78 valence electrons. The Balaban J connectivity index is 2.21. The standard InChI is InChI=1S/C9H15N3O2/c1-14-9(13)11-8-3-6-12(7-8)5-2-4-10/h8H,2-3,5-7H2,1H3,(H,11,13). The monoisotopic (exact) mass is 197 g/mol. The van der Waals surface area contributed by atoms with Crippen molar-refractivity contribution in [1.82, 2.24) is 10.2 Å². The van der Waals surface area contributed by atoms with Gasteiger partial charge in [0.05, 0.1) is 13.2 Å². The van der Waals surface area contributed by atoms with Gasteiger partial charge in [-0.3, -0.25) is 0 Å². The van der Waals surface area contributed by atoms with Crippen LogP contribution in [0.2, 0.25) is 0 Å². The van der Waals surface area contributed by atoms with Crippen LogP contribution in [0.4, 0.5) is 4.79 Å². The van der Waals surface area contributed by atoms with Crippen molar-refractivity contribution >= 4 is 6.09 Å². The minimum Gasteiger partial charge on any atom is -0.453 e. The number of nitrogens with zero attached hydrogens (tertiary/aromatic N) is 2. The maximum absolute atomic E-state index is 10.9. The number of amides is 1. The zero-order valence-corrected chi connectivity index (χ0v) is 8.32.